The molecule has 0 saturated heterocycles. The van der Waals surface area contributed by atoms with E-state index >= 15 is 0 Å². The van der Waals surface area contributed by atoms with Crippen molar-refractivity contribution in [3.8, 4) is 5.75 Å². The molecule has 0 atom stereocenters. The molecule has 52 valence electrons. The lowest BCUT2D eigenvalue weighted by Gasteiger charge is -1.97. The Morgan fingerprint density at radius 3 is 2.70 bits per heavy atom. The van der Waals surface area contributed by atoms with Crippen LogP contribution < -0.4 is 4.74 Å². The zero-order chi connectivity index (χ0) is 7.40. The highest BCUT2D eigenvalue weighted by Gasteiger charge is 1.96. The summed E-state index contributed by atoms with van der Waals surface area (Å²) in [7, 11) is 0. The van der Waals surface area contributed by atoms with Crippen LogP contribution in [0.25, 0.3) is 0 Å². The molecule has 0 bridgehead atoms. The molecule has 0 aliphatic carbocycles. The predicted octanol–water partition coefficient (Wildman–Crippen LogP) is 1.88. The molecular weight excluding hydrogens is 152 g/mol. The molecule has 3 heteroatoms. The van der Waals surface area contributed by atoms with Crippen LogP contribution >= 0.6 is 11.6 Å². The van der Waals surface area contributed by atoms with Gasteiger partial charge in [-0.25, -0.2) is 0 Å². The summed E-state index contributed by atoms with van der Waals surface area (Å²) in [6.07, 6.45) is 0. The van der Waals surface area contributed by atoms with Crippen LogP contribution in [0.3, 0.4) is 0 Å². The molecule has 0 heterocycles. The molecule has 0 aliphatic rings. The molecule has 1 rings (SSSR count). The van der Waals surface area contributed by atoms with Gasteiger partial charge in [0.05, 0.1) is 5.02 Å². The van der Waals surface area contributed by atoms with E-state index in [1.165, 1.54) is 0 Å². The summed E-state index contributed by atoms with van der Waals surface area (Å²) in [6, 6.07) is 6.78. The Morgan fingerprint density at radius 2 is 2.10 bits per heavy atom. The first-order valence-electron chi connectivity index (χ1n) is 2.69. The molecule has 0 amide bonds. The van der Waals surface area contributed by atoms with E-state index in [1.54, 1.807) is 24.3 Å². The van der Waals surface area contributed by atoms with Gasteiger partial charge in [-0.05, 0) is 12.1 Å². The highest BCUT2D eigenvalue weighted by atomic mass is 35.5. The van der Waals surface area contributed by atoms with Crippen molar-refractivity contribution in [2.75, 3.05) is 0 Å². The number of halogens is 1. The molecule has 0 saturated carbocycles. The zero-order valence-corrected chi connectivity index (χ0v) is 5.84. The molecule has 0 radical (unpaired) electrons. The average Bonchev–Trinajstić information content (AvgIpc) is 1.94. The van der Waals surface area contributed by atoms with Gasteiger partial charge in [0.25, 0.3) is 6.47 Å². The fourth-order valence-electron chi connectivity index (χ4n) is 0.592. The fraction of sp³-hybridized carbons (Fsp3) is 0. The van der Waals surface area contributed by atoms with Crippen LogP contribution in [0, 0.1) is 0 Å². The van der Waals surface area contributed by atoms with Crippen LogP contribution in [0.5, 0.6) is 5.75 Å². The summed E-state index contributed by atoms with van der Waals surface area (Å²) in [4.78, 5) is 9.85. The van der Waals surface area contributed by atoms with Crippen molar-refractivity contribution < 1.29 is 9.53 Å². The summed E-state index contributed by atoms with van der Waals surface area (Å²) in [6.45, 7) is 0.348. The van der Waals surface area contributed by atoms with Crippen LogP contribution in [-0.2, 0) is 4.79 Å². The summed E-state index contributed by atoms with van der Waals surface area (Å²) < 4.78 is 4.52. The normalized spacial score (nSPS) is 8.90. The molecule has 0 N–H and O–H groups in total. The first-order valence-corrected chi connectivity index (χ1v) is 3.07. The van der Waals surface area contributed by atoms with Gasteiger partial charge >= 0.3 is 0 Å². The molecular formula is C7H5ClO2. The van der Waals surface area contributed by atoms with E-state index in [0.717, 1.165) is 0 Å². The highest BCUT2D eigenvalue weighted by Crippen LogP contribution is 2.21. The molecule has 0 spiro atoms. The van der Waals surface area contributed by atoms with Crippen molar-refractivity contribution in [2.24, 2.45) is 0 Å². The Morgan fingerprint density at radius 1 is 1.40 bits per heavy atom. The number of ether oxygens (including phenoxy) is 1. The van der Waals surface area contributed by atoms with E-state index in [2.05, 4.69) is 4.74 Å². The molecule has 0 unspecified atom stereocenters. The third-order valence-corrected chi connectivity index (χ3v) is 1.32. The Kier molecular flexibility index (Phi) is 2.29. The average molecular weight is 157 g/mol. The number of hydrogen-bond donors (Lipinski definition) is 0. The largest absolute Gasteiger partial charge is 0.427 e. The Bertz CT molecular complexity index is 235. The van der Waals surface area contributed by atoms with Crippen LogP contribution in [-0.4, -0.2) is 6.47 Å². The van der Waals surface area contributed by atoms with Crippen molar-refractivity contribution in [2.45, 2.75) is 0 Å². The van der Waals surface area contributed by atoms with Gasteiger partial charge in [0.2, 0.25) is 0 Å². The number of rotatable bonds is 2. The fourth-order valence-corrected chi connectivity index (χ4v) is 0.772. The quantitative estimate of drug-likeness (QED) is 0.611. The second-order valence-corrected chi connectivity index (χ2v) is 2.05. The van der Waals surface area contributed by atoms with Gasteiger partial charge in [0, 0.05) is 0 Å². The molecule has 1 aromatic carbocycles. The lowest BCUT2D eigenvalue weighted by Crippen LogP contribution is -1.87. The third kappa shape index (κ3) is 1.48. The number of benzene rings is 1. The number of hydrogen-bond acceptors (Lipinski definition) is 2. The zero-order valence-electron chi connectivity index (χ0n) is 5.08. The number of carbonyl (C=O) groups excluding carboxylic acids is 1. The Balaban J connectivity index is 2.91. The minimum atomic E-state index is 0.348. The highest BCUT2D eigenvalue weighted by molar-refractivity contribution is 6.32. The van der Waals surface area contributed by atoms with E-state index < -0.39 is 0 Å². The first kappa shape index (κ1) is 7.09. The van der Waals surface area contributed by atoms with Crippen LogP contribution in [0.15, 0.2) is 24.3 Å². The second kappa shape index (κ2) is 3.22. The minimum absolute atomic E-state index is 0.348. The van der Waals surface area contributed by atoms with E-state index in [9.17, 15) is 4.79 Å². The van der Waals surface area contributed by atoms with Gasteiger partial charge in [-0.3, -0.25) is 4.79 Å². The summed E-state index contributed by atoms with van der Waals surface area (Å²) in [5.74, 6) is 0.388. The molecule has 0 aliphatic heterocycles. The summed E-state index contributed by atoms with van der Waals surface area (Å²) >= 11 is 5.62. The van der Waals surface area contributed by atoms with Gasteiger partial charge in [-0.1, -0.05) is 23.7 Å². The van der Waals surface area contributed by atoms with E-state index in [1.807, 2.05) is 0 Å². The Hall–Kier alpha value is -1.02. The maximum atomic E-state index is 9.85. The lowest BCUT2D eigenvalue weighted by atomic mass is 10.3. The lowest BCUT2D eigenvalue weighted by molar-refractivity contribution is -0.120. The standard InChI is InChI=1S/C7H5ClO2/c8-6-3-1-2-4-7(6)10-5-9/h1-5H. The summed E-state index contributed by atoms with van der Waals surface area (Å²) in [5.41, 5.74) is 0. The molecule has 0 fully saturated rings. The smallest absolute Gasteiger partial charge is 0.298 e. The van der Waals surface area contributed by atoms with Crippen LogP contribution in [0.4, 0.5) is 0 Å². The summed E-state index contributed by atoms with van der Waals surface area (Å²) in [5, 5.41) is 0.439. The third-order valence-electron chi connectivity index (χ3n) is 1.01. The Labute approximate surface area is 63.4 Å². The van der Waals surface area contributed by atoms with Crippen molar-refractivity contribution >= 4 is 18.1 Å². The van der Waals surface area contributed by atoms with Crippen molar-refractivity contribution in [3.63, 3.8) is 0 Å². The van der Waals surface area contributed by atoms with Gasteiger partial charge in [-0.2, -0.15) is 0 Å². The van der Waals surface area contributed by atoms with Crippen molar-refractivity contribution in [1.29, 1.82) is 0 Å². The maximum absolute atomic E-state index is 9.85. The first-order chi connectivity index (χ1) is 4.84. The molecule has 2 nitrogen and oxygen atoms in total. The van der Waals surface area contributed by atoms with Gasteiger partial charge in [0.15, 0.2) is 0 Å². The maximum Gasteiger partial charge on any atom is 0.298 e. The van der Waals surface area contributed by atoms with Gasteiger partial charge in [-0.15, -0.1) is 0 Å². The predicted molar refractivity (Wildman–Crippen MR) is 38.1 cm³/mol. The number of para-hydroxylation sites is 1. The van der Waals surface area contributed by atoms with Crippen molar-refractivity contribution in [3.05, 3.63) is 29.3 Å². The van der Waals surface area contributed by atoms with Crippen LogP contribution in [0.1, 0.15) is 0 Å². The molecule has 0 aromatic heterocycles. The van der Waals surface area contributed by atoms with Crippen molar-refractivity contribution in [1.82, 2.24) is 0 Å². The van der Waals surface area contributed by atoms with E-state index in [4.69, 9.17) is 11.6 Å². The van der Waals surface area contributed by atoms with E-state index in [0.29, 0.717) is 17.2 Å². The van der Waals surface area contributed by atoms with E-state index in [-0.39, 0.29) is 0 Å². The molecule has 10 heavy (non-hydrogen) atoms. The SMILES string of the molecule is O=COc1ccccc1Cl. The minimum Gasteiger partial charge on any atom is -0.427 e. The van der Waals surface area contributed by atoms with Gasteiger partial charge < -0.3 is 4.74 Å². The monoisotopic (exact) mass is 156 g/mol. The van der Waals surface area contributed by atoms with Gasteiger partial charge in [0.1, 0.15) is 5.75 Å². The molecule has 1 aromatic rings. The second-order valence-electron chi connectivity index (χ2n) is 1.64. The van der Waals surface area contributed by atoms with Crippen LogP contribution in [0.2, 0.25) is 5.02 Å². The topological polar surface area (TPSA) is 26.3 Å². The number of carbonyl (C=O) groups is 1.